The molecule has 0 aliphatic heterocycles. The zero-order valence-corrected chi connectivity index (χ0v) is 21.8. The minimum Gasteiger partial charge on any atom is -0.457 e. The molecule has 0 aromatic heterocycles. The third kappa shape index (κ3) is 19.3. The van der Waals surface area contributed by atoms with Crippen molar-refractivity contribution in [2.75, 3.05) is 85.9 Å². The lowest BCUT2D eigenvalue weighted by Gasteiger charge is -2.08. The number of hydrogen-bond acceptors (Lipinski definition) is 9. The van der Waals surface area contributed by atoms with Gasteiger partial charge in [-0.1, -0.05) is 62.9 Å². The van der Waals surface area contributed by atoms with Crippen LogP contribution in [0.2, 0.25) is 0 Å². The van der Waals surface area contributed by atoms with Crippen molar-refractivity contribution in [3.05, 3.63) is 35.9 Å². The molecule has 0 heterocycles. The van der Waals surface area contributed by atoms with Gasteiger partial charge in [0.25, 0.3) is 5.78 Å². The van der Waals surface area contributed by atoms with Crippen LogP contribution in [-0.4, -0.2) is 97.6 Å². The highest BCUT2D eigenvalue weighted by atomic mass is 16.6. The zero-order valence-electron chi connectivity index (χ0n) is 21.8. The Labute approximate surface area is 215 Å². The summed E-state index contributed by atoms with van der Waals surface area (Å²) in [6.45, 7) is 8.21. The average molecular weight is 513 g/mol. The molecule has 0 amide bonds. The lowest BCUT2D eigenvalue weighted by molar-refractivity contribution is -0.139. The van der Waals surface area contributed by atoms with E-state index >= 15 is 0 Å². The van der Waals surface area contributed by atoms with Crippen LogP contribution in [-0.2, 0) is 38.0 Å². The van der Waals surface area contributed by atoms with Crippen LogP contribution in [0.15, 0.2) is 30.3 Å². The number of ether oxygens (including phenoxy) is 7. The second kappa shape index (κ2) is 24.8. The molecule has 0 bridgehead atoms. The van der Waals surface area contributed by atoms with Crippen molar-refractivity contribution >= 4 is 11.8 Å². The average Bonchev–Trinajstić information content (AvgIpc) is 2.91. The number of Topliss-reactive ketones (excluding diaryl/α,β-unsaturated/α-hetero) is 1. The van der Waals surface area contributed by atoms with Crippen molar-refractivity contribution in [1.29, 1.82) is 0 Å². The first-order valence-electron chi connectivity index (χ1n) is 13.0. The summed E-state index contributed by atoms with van der Waals surface area (Å²) >= 11 is 0. The number of hydrogen-bond donors (Lipinski definition) is 0. The number of benzene rings is 1. The third-order valence-corrected chi connectivity index (χ3v) is 4.93. The molecule has 206 valence electrons. The van der Waals surface area contributed by atoms with E-state index in [-0.39, 0.29) is 13.2 Å². The minimum atomic E-state index is -0.886. The SMILES string of the molecule is CCCCCCCOCCOCCOCCOCCOCCOCCOC(=O)C(=O)c1ccccc1. The normalized spacial score (nSPS) is 11.0. The molecule has 0 saturated heterocycles. The largest absolute Gasteiger partial charge is 0.457 e. The molecule has 36 heavy (non-hydrogen) atoms. The molecule has 0 spiro atoms. The fraction of sp³-hybridized carbons (Fsp3) is 0.704. The van der Waals surface area contributed by atoms with Crippen molar-refractivity contribution in [3.63, 3.8) is 0 Å². The van der Waals surface area contributed by atoms with Crippen molar-refractivity contribution in [2.24, 2.45) is 0 Å². The smallest absolute Gasteiger partial charge is 0.379 e. The Balaban J connectivity index is 1.72. The fourth-order valence-electron chi connectivity index (χ4n) is 2.98. The number of carbonyl (C=O) groups excluding carboxylic acids is 2. The summed E-state index contributed by atoms with van der Waals surface area (Å²) in [5.74, 6) is -1.55. The summed E-state index contributed by atoms with van der Waals surface area (Å²) in [6, 6.07) is 8.29. The lowest BCUT2D eigenvalue weighted by atomic mass is 10.1. The lowest BCUT2D eigenvalue weighted by Crippen LogP contribution is -2.20. The van der Waals surface area contributed by atoms with Gasteiger partial charge in [0.1, 0.15) is 6.61 Å². The number of esters is 1. The molecule has 9 heteroatoms. The van der Waals surface area contributed by atoms with E-state index in [2.05, 4.69) is 6.92 Å². The zero-order chi connectivity index (χ0) is 25.9. The maximum atomic E-state index is 11.8. The summed E-state index contributed by atoms with van der Waals surface area (Å²) < 4.78 is 37.5. The molecule has 0 unspecified atom stereocenters. The molecular formula is C27H44O9. The van der Waals surface area contributed by atoms with E-state index in [9.17, 15) is 9.59 Å². The van der Waals surface area contributed by atoms with E-state index < -0.39 is 11.8 Å². The van der Waals surface area contributed by atoms with Crippen LogP contribution < -0.4 is 0 Å². The molecule has 1 rings (SSSR count). The third-order valence-electron chi connectivity index (χ3n) is 4.93. The Morgan fingerprint density at radius 3 is 1.42 bits per heavy atom. The first kappa shape index (κ1) is 32.1. The first-order chi connectivity index (χ1) is 17.8. The van der Waals surface area contributed by atoms with Crippen LogP contribution in [0.3, 0.4) is 0 Å². The van der Waals surface area contributed by atoms with Crippen LogP contribution >= 0.6 is 0 Å². The van der Waals surface area contributed by atoms with Gasteiger partial charge in [0.15, 0.2) is 0 Å². The van der Waals surface area contributed by atoms with Gasteiger partial charge in [-0.25, -0.2) is 4.79 Å². The quantitative estimate of drug-likeness (QED) is 0.0799. The number of unbranched alkanes of at least 4 members (excludes halogenated alkanes) is 4. The summed E-state index contributed by atoms with van der Waals surface area (Å²) in [7, 11) is 0. The first-order valence-corrected chi connectivity index (χ1v) is 13.0. The second-order valence-electron chi connectivity index (χ2n) is 7.92. The monoisotopic (exact) mass is 512 g/mol. The van der Waals surface area contributed by atoms with Gasteiger partial charge in [0.2, 0.25) is 0 Å². The van der Waals surface area contributed by atoms with Crippen molar-refractivity contribution < 1.29 is 42.7 Å². The van der Waals surface area contributed by atoms with Gasteiger partial charge in [-0.05, 0) is 6.42 Å². The minimum absolute atomic E-state index is 0.0124. The van der Waals surface area contributed by atoms with E-state index in [4.69, 9.17) is 33.2 Å². The Morgan fingerprint density at radius 1 is 0.528 bits per heavy atom. The van der Waals surface area contributed by atoms with Gasteiger partial charge >= 0.3 is 5.97 Å². The number of rotatable bonds is 26. The molecule has 0 aliphatic rings. The van der Waals surface area contributed by atoms with Crippen molar-refractivity contribution in [2.45, 2.75) is 39.0 Å². The highest BCUT2D eigenvalue weighted by molar-refractivity contribution is 6.40. The Bertz CT molecular complexity index is 639. The molecule has 0 aliphatic carbocycles. The van der Waals surface area contributed by atoms with Gasteiger partial charge in [0, 0.05) is 12.2 Å². The van der Waals surface area contributed by atoms with E-state index in [1.54, 1.807) is 30.3 Å². The standard InChI is InChI=1S/C27H44O9/c1-2-3-4-5-9-12-30-13-14-31-15-16-32-17-18-33-19-20-34-21-22-35-23-24-36-27(29)26(28)25-10-7-6-8-11-25/h6-8,10-11H,2-5,9,12-24H2,1H3. The Hall–Kier alpha value is -1.88. The molecule has 0 saturated carbocycles. The predicted molar refractivity (Wildman–Crippen MR) is 135 cm³/mol. The Morgan fingerprint density at radius 2 is 0.944 bits per heavy atom. The number of carbonyl (C=O) groups is 2. The summed E-state index contributed by atoms with van der Waals surface area (Å²) in [4.78, 5) is 23.5. The highest BCUT2D eigenvalue weighted by Gasteiger charge is 2.16. The molecule has 0 atom stereocenters. The van der Waals surface area contributed by atoms with Gasteiger partial charge in [-0.15, -0.1) is 0 Å². The van der Waals surface area contributed by atoms with Gasteiger partial charge in [0.05, 0.1) is 72.7 Å². The van der Waals surface area contributed by atoms with Crippen LogP contribution in [0.25, 0.3) is 0 Å². The fourth-order valence-corrected chi connectivity index (χ4v) is 2.98. The van der Waals surface area contributed by atoms with Crippen molar-refractivity contribution in [3.8, 4) is 0 Å². The molecule has 0 radical (unpaired) electrons. The van der Waals surface area contributed by atoms with Gasteiger partial charge in [-0.3, -0.25) is 4.79 Å². The summed E-state index contributed by atoms with van der Waals surface area (Å²) in [5.41, 5.74) is 0.305. The highest BCUT2D eigenvalue weighted by Crippen LogP contribution is 2.02. The predicted octanol–water partition coefficient (Wildman–Crippen LogP) is 3.48. The van der Waals surface area contributed by atoms with Gasteiger partial charge < -0.3 is 33.2 Å². The summed E-state index contributed by atoms with van der Waals surface area (Å²) in [6.07, 6.45) is 6.23. The van der Waals surface area contributed by atoms with Crippen LogP contribution in [0, 0.1) is 0 Å². The van der Waals surface area contributed by atoms with E-state index in [0.29, 0.717) is 71.6 Å². The maximum absolute atomic E-state index is 11.8. The van der Waals surface area contributed by atoms with Gasteiger partial charge in [-0.2, -0.15) is 0 Å². The molecule has 0 fully saturated rings. The molecule has 0 N–H and O–H groups in total. The molecular weight excluding hydrogens is 468 g/mol. The Kier molecular flexibility index (Phi) is 22.1. The number of ketones is 1. The maximum Gasteiger partial charge on any atom is 0.379 e. The van der Waals surface area contributed by atoms with Crippen LogP contribution in [0.1, 0.15) is 49.4 Å². The molecule has 1 aromatic rings. The second-order valence-corrected chi connectivity index (χ2v) is 7.92. The van der Waals surface area contributed by atoms with E-state index in [1.807, 2.05) is 0 Å². The van der Waals surface area contributed by atoms with E-state index in [1.165, 1.54) is 25.7 Å². The van der Waals surface area contributed by atoms with E-state index in [0.717, 1.165) is 13.0 Å². The van der Waals surface area contributed by atoms with Crippen LogP contribution in [0.5, 0.6) is 0 Å². The molecule has 9 nitrogen and oxygen atoms in total. The van der Waals surface area contributed by atoms with Crippen LogP contribution in [0.4, 0.5) is 0 Å². The molecule has 1 aromatic carbocycles. The van der Waals surface area contributed by atoms with Crippen molar-refractivity contribution in [1.82, 2.24) is 0 Å². The topological polar surface area (TPSA) is 98.8 Å². The summed E-state index contributed by atoms with van der Waals surface area (Å²) in [5, 5.41) is 0.